The lowest BCUT2D eigenvalue weighted by Crippen LogP contribution is -1.94. The first-order valence-corrected chi connectivity index (χ1v) is 7.97. The van der Waals surface area contributed by atoms with Gasteiger partial charge in [0.15, 0.2) is 5.65 Å². The molecule has 7 heteroatoms. The van der Waals surface area contributed by atoms with Gasteiger partial charge in [0.05, 0.1) is 34.3 Å². The molecule has 0 aliphatic heterocycles. The molecule has 25 heavy (non-hydrogen) atoms. The molecule has 0 fully saturated rings. The van der Waals surface area contributed by atoms with Crippen molar-refractivity contribution >= 4 is 22.1 Å². The zero-order valence-corrected chi connectivity index (χ0v) is 13.8. The summed E-state index contributed by atoms with van der Waals surface area (Å²) in [6, 6.07) is 8.03. The van der Waals surface area contributed by atoms with Gasteiger partial charge in [0.1, 0.15) is 5.82 Å². The first-order valence-electron chi connectivity index (χ1n) is 7.97. The van der Waals surface area contributed by atoms with E-state index < -0.39 is 0 Å². The van der Waals surface area contributed by atoms with Crippen molar-refractivity contribution in [3.63, 3.8) is 0 Å². The molecular weight excluding hydrogens is 314 g/mol. The molecule has 0 unspecified atom stereocenters. The molecule has 0 atom stereocenters. The first kappa shape index (κ1) is 13.9. The fourth-order valence-electron chi connectivity index (χ4n) is 3.11. The molecule has 5 heterocycles. The highest BCUT2D eigenvalue weighted by molar-refractivity contribution is 5.95. The zero-order valence-electron chi connectivity index (χ0n) is 13.8. The summed E-state index contributed by atoms with van der Waals surface area (Å²) in [4.78, 5) is 16.6. The number of nitrogens with one attached hydrogen (secondary N) is 2. The topological polar surface area (TPSA) is 88.1 Å². The third-order valence-electron chi connectivity index (χ3n) is 4.58. The standard InChI is InChI=1S/C18H15N7/c1-10-20-9-16(25(10)2)11-6-12-17(23-24-18(12)21-8-11)15-7-14-13(22-15)4-3-5-19-14/h3-9,22H,1-2H3,(H,21,23,24). The van der Waals surface area contributed by atoms with Gasteiger partial charge in [-0.3, -0.25) is 10.1 Å². The maximum absolute atomic E-state index is 4.50. The Morgan fingerprint density at radius 3 is 2.80 bits per heavy atom. The summed E-state index contributed by atoms with van der Waals surface area (Å²) in [6.07, 6.45) is 5.48. The van der Waals surface area contributed by atoms with Gasteiger partial charge in [-0.15, -0.1) is 0 Å². The number of H-pyrrole nitrogens is 2. The smallest absolute Gasteiger partial charge is 0.181 e. The Kier molecular flexibility index (Phi) is 2.79. The fourth-order valence-corrected chi connectivity index (χ4v) is 3.11. The molecule has 2 N–H and O–H groups in total. The Hall–Kier alpha value is -3.48. The number of aryl methyl sites for hydroxylation is 1. The van der Waals surface area contributed by atoms with E-state index >= 15 is 0 Å². The predicted molar refractivity (Wildman–Crippen MR) is 95.9 cm³/mol. The summed E-state index contributed by atoms with van der Waals surface area (Å²) in [5.74, 6) is 0.962. The van der Waals surface area contributed by atoms with Gasteiger partial charge in [0.25, 0.3) is 0 Å². The predicted octanol–water partition coefficient (Wildman–Crippen LogP) is 3.21. The van der Waals surface area contributed by atoms with Crippen LogP contribution in [0.2, 0.25) is 0 Å². The van der Waals surface area contributed by atoms with Crippen LogP contribution in [-0.4, -0.2) is 34.7 Å². The van der Waals surface area contributed by atoms with Crippen LogP contribution in [0.3, 0.4) is 0 Å². The normalized spacial score (nSPS) is 11.6. The van der Waals surface area contributed by atoms with Crippen LogP contribution in [0.5, 0.6) is 0 Å². The second kappa shape index (κ2) is 5.01. The molecule has 0 saturated carbocycles. The number of imidazole rings is 1. The minimum absolute atomic E-state index is 0.684. The van der Waals surface area contributed by atoms with Gasteiger partial charge in [-0.2, -0.15) is 5.10 Å². The van der Waals surface area contributed by atoms with E-state index in [1.54, 1.807) is 6.20 Å². The van der Waals surface area contributed by atoms with Crippen LogP contribution in [0.25, 0.3) is 44.7 Å². The number of hydrogen-bond acceptors (Lipinski definition) is 4. The summed E-state index contributed by atoms with van der Waals surface area (Å²) in [5.41, 5.74) is 6.48. The molecule has 5 aromatic heterocycles. The molecule has 0 radical (unpaired) electrons. The van der Waals surface area contributed by atoms with Gasteiger partial charge in [-0.1, -0.05) is 0 Å². The third-order valence-corrected chi connectivity index (χ3v) is 4.58. The van der Waals surface area contributed by atoms with Gasteiger partial charge in [0, 0.05) is 30.4 Å². The maximum atomic E-state index is 4.50. The lowest BCUT2D eigenvalue weighted by Gasteiger charge is -2.04. The minimum atomic E-state index is 0.684. The average Bonchev–Trinajstić information content (AvgIpc) is 3.31. The molecule has 0 aliphatic carbocycles. The summed E-state index contributed by atoms with van der Waals surface area (Å²) in [6.45, 7) is 1.98. The Labute approximate surface area is 142 Å². The van der Waals surface area contributed by atoms with Gasteiger partial charge >= 0.3 is 0 Å². The van der Waals surface area contributed by atoms with Crippen molar-refractivity contribution in [2.24, 2.45) is 7.05 Å². The highest BCUT2D eigenvalue weighted by atomic mass is 15.2. The molecule has 5 aromatic rings. The van der Waals surface area contributed by atoms with Crippen molar-refractivity contribution in [1.82, 2.24) is 34.7 Å². The van der Waals surface area contributed by atoms with Crippen LogP contribution >= 0.6 is 0 Å². The van der Waals surface area contributed by atoms with Gasteiger partial charge < -0.3 is 9.55 Å². The first-order chi connectivity index (χ1) is 12.2. The Morgan fingerprint density at radius 2 is 2.00 bits per heavy atom. The summed E-state index contributed by atoms with van der Waals surface area (Å²) in [5, 5.41) is 8.39. The van der Waals surface area contributed by atoms with Crippen LogP contribution in [0.1, 0.15) is 5.82 Å². The van der Waals surface area contributed by atoms with E-state index in [4.69, 9.17) is 0 Å². The summed E-state index contributed by atoms with van der Waals surface area (Å²) in [7, 11) is 2.00. The Morgan fingerprint density at radius 1 is 1.08 bits per heavy atom. The van der Waals surface area contributed by atoms with Gasteiger partial charge in [-0.05, 0) is 31.2 Å². The number of pyridine rings is 2. The van der Waals surface area contributed by atoms with Crippen molar-refractivity contribution in [3.05, 3.63) is 48.7 Å². The van der Waals surface area contributed by atoms with Crippen molar-refractivity contribution < 1.29 is 0 Å². The van der Waals surface area contributed by atoms with Crippen LogP contribution in [0.4, 0.5) is 0 Å². The number of rotatable bonds is 2. The maximum Gasteiger partial charge on any atom is 0.181 e. The van der Waals surface area contributed by atoms with E-state index in [0.717, 1.165) is 44.9 Å². The minimum Gasteiger partial charge on any atom is -0.352 e. The molecule has 122 valence electrons. The third kappa shape index (κ3) is 2.06. The van der Waals surface area contributed by atoms with Gasteiger partial charge in [-0.25, -0.2) is 9.97 Å². The van der Waals surface area contributed by atoms with Crippen LogP contribution in [0.15, 0.2) is 42.9 Å². The van der Waals surface area contributed by atoms with E-state index in [0.29, 0.717) is 5.65 Å². The van der Waals surface area contributed by atoms with E-state index in [1.165, 1.54) is 0 Å². The lowest BCUT2D eigenvalue weighted by molar-refractivity contribution is 0.865. The zero-order chi connectivity index (χ0) is 17.0. The highest BCUT2D eigenvalue weighted by Gasteiger charge is 2.14. The largest absolute Gasteiger partial charge is 0.352 e. The fraction of sp³-hybridized carbons (Fsp3) is 0.111. The molecule has 0 amide bonds. The number of aromatic amines is 2. The lowest BCUT2D eigenvalue weighted by atomic mass is 10.1. The van der Waals surface area contributed by atoms with Crippen molar-refractivity contribution in [2.45, 2.75) is 6.92 Å². The summed E-state index contributed by atoms with van der Waals surface area (Å²) >= 11 is 0. The van der Waals surface area contributed by atoms with Crippen molar-refractivity contribution in [3.8, 4) is 22.6 Å². The molecule has 5 rings (SSSR count). The second-order valence-corrected chi connectivity index (χ2v) is 6.06. The van der Waals surface area contributed by atoms with E-state index in [9.17, 15) is 0 Å². The Balaban J connectivity index is 1.71. The number of hydrogen-bond donors (Lipinski definition) is 2. The highest BCUT2D eigenvalue weighted by Crippen LogP contribution is 2.30. The van der Waals surface area contributed by atoms with E-state index in [-0.39, 0.29) is 0 Å². The monoisotopic (exact) mass is 329 g/mol. The quantitative estimate of drug-likeness (QED) is 0.520. The van der Waals surface area contributed by atoms with Crippen molar-refractivity contribution in [2.75, 3.05) is 0 Å². The van der Waals surface area contributed by atoms with Crippen LogP contribution < -0.4 is 0 Å². The molecule has 0 spiro atoms. The van der Waals surface area contributed by atoms with E-state index in [1.807, 2.05) is 44.6 Å². The molecule has 0 aliphatic rings. The molecule has 7 nitrogen and oxygen atoms in total. The van der Waals surface area contributed by atoms with Crippen LogP contribution in [-0.2, 0) is 7.05 Å². The average molecular weight is 329 g/mol. The molecule has 0 aromatic carbocycles. The Bertz CT molecular complexity index is 1190. The van der Waals surface area contributed by atoms with Crippen LogP contribution in [0, 0.1) is 6.92 Å². The SMILES string of the molecule is Cc1ncc(-c2cnc3n[nH]c(-c4cc5ncccc5[nH]4)c3c2)n1C. The van der Waals surface area contributed by atoms with E-state index in [2.05, 4.69) is 40.8 Å². The molecular formula is C18H15N7. The van der Waals surface area contributed by atoms with Crippen molar-refractivity contribution in [1.29, 1.82) is 0 Å². The molecule has 0 bridgehead atoms. The second-order valence-electron chi connectivity index (χ2n) is 6.06. The number of fused-ring (bicyclic) bond motifs is 2. The number of aromatic nitrogens is 7. The van der Waals surface area contributed by atoms with Gasteiger partial charge in [0.2, 0.25) is 0 Å². The molecule has 0 saturated heterocycles. The number of nitrogens with zero attached hydrogens (tertiary/aromatic N) is 5. The summed E-state index contributed by atoms with van der Waals surface area (Å²) < 4.78 is 2.05.